The first-order valence-corrected chi connectivity index (χ1v) is 8.79. The van der Waals surface area contributed by atoms with E-state index in [1.807, 2.05) is 13.0 Å². The van der Waals surface area contributed by atoms with Gasteiger partial charge in [0.2, 0.25) is 0 Å². The van der Waals surface area contributed by atoms with Gasteiger partial charge >= 0.3 is 6.09 Å². The zero-order valence-corrected chi connectivity index (χ0v) is 15.5. The minimum Gasteiger partial charge on any atom is -0.489 e. The number of fused-ring (bicyclic) bond motifs is 1. The lowest BCUT2D eigenvalue weighted by Gasteiger charge is -2.36. The largest absolute Gasteiger partial charge is 0.489 e. The molecular weight excluding hydrogens is 320 g/mol. The molecule has 1 atom stereocenters. The van der Waals surface area contributed by atoms with E-state index in [-0.39, 0.29) is 24.7 Å². The Hall–Kier alpha value is -2.31. The van der Waals surface area contributed by atoms with Gasteiger partial charge in [-0.15, -0.1) is 0 Å². The van der Waals surface area contributed by atoms with Crippen LogP contribution in [0, 0.1) is 5.92 Å². The molecule has 0 radical (unpaired) electrons. The maximum Gasteiger partial charge on any atom is 0.410 e. The quantitative estimate of drug-likeness (QED) is 0.466. The van der Waals surface area contributed by atoms with Gasteiger partial charge in [-0.2, -0.15) is 0 Å². The highest BCUT2D eigenvalue weighted by molar-refractivity contribution is 5.75. The summed E-state index contributed by atoms with van der Waals surface area (Å²) in [5.41, 5.74) is 2.06. The van der Waals surface area contributed by atoms with Gasteiger partial charge in [0.1, 0.15) is 19.0 Å². The summed E-state index contributed by atoms with van der Waals surface area (Å²) in [5.74, 6) is 0.950. The van der Waals surface area contributed by atoms with Crippen molar-refractivity contribution in [1.82, 2.24) is 14.9 Å². The van der Waals surface area contributed by atoms with E-state index in [9.17, 15) is 4.79 Å². The molecule has 1 aliphatic rings. The molecule has 2 heterocycles. The summed E-state index contributed by atoms with van der Waals surface area (Å²) < 4.78 is 11.0. The lowest BCUT2D eigenvalue weighted by atomic mass is 9.94. The predicted molar refractivity (Wildman–Crippen MR) is 96.7 cm³/mol. The van der Waals surface area contributed by atoms with Gasteiger partial charge in [-0.05, 0) is 18.4 Å². The molecule has 1 N–H and O–H groups in total. The van der Waals surface area contributed by atoms with E-state index >= 15 is 0 Å². The van der Waals surface area contributed by atoms with E-state index in [0.29, 0.717) is 18.9 Å². The standard InChI is InChI=1S/C18H28N4O3/c1-5-6-14(11-19-4)24-9-10-25-18(23)22-8-7-15-16(21-12-20-15)17(22)13(2)3/h6,11-13,17H,5,7-10H2,1-4H3,(H,20,21)/b14-6+,19-11?. The average molecular weight is 348 g/mol. The number of imidazole rings is 1. The van der Waals surface area contributed by atoms with Crippen LogP contribution in [0.5, 0.6) is 0 Å². The first-order valence-electron chi connectivity index (χ1n) is 8.79. The number of aromatic nitrogens is 2. The number of nitrogens with one attached hydrogen (secondary N) is 1. The number of hydrogen-bond donors (Lipinski definition) is 1. The number of amides is 1. The molecule has 0 fully saturated rings. The fourth-order valence-corrected chi connectivity index (χ4v) is 3.03. The first kappa shape index (κ1) is 19.0. The third kappa shape index (κ3) is 4.84. The highest BCUT2D eigenvalue weighted by atomic mass is 16.6. The van der Waals surface area contributed by atoms with Crippen molar-refractivity contribution in [1.29, 1.82) is 0 Å². The van der Waals surface area contributed by atoms with E-state index in [1.54, 1.807) is 24.5 Å². The second-order valence-electron chi connectivity index (χ2n) is 6.26. The van der Waals surface area contributed by atoms with Gasteiger partial charge in [0.05, 0.1) is 24.3 Å². The second kappa shape index (κ2) is 9.25. The predicted octanol–water partition coefficient (Wildman–Crippen LogP) is 3.11. The number of allylic oxidation sites excluding steroid dienone is 2. The number of hydrogen-bond acceptors (Lipinski definition) is 5. The van der Waals surface area contributed by atoms with Gasteiger partial charge in [-0.3, -0.25) is 9.89 Å². The van der Waals surface area contributed by atoms with Gasteiger partial charge in [-0.1, -0.05) is 20.8 Å². The van der Waals surface area contributed by atoms with Crippen LogP contribution in [0.1, 0.15) is 44.6 Å². The van der Waals surface area contributed by atoms with Gasteiger partial charge < -0.3 is 14.5 Å². The molecule has 7 heteroatoms. The molecule has 2 rings (SSSR count). The molecule has 1 aromatic rings. The highest BCUT2D eigenvalue weighted by Crippen LogP contribution is 2.33. The molecule has 1 unspecified atom stereocenters. The summed E-state index contributed by atoms with van der Waals surface area (Å²) in [6.07, 6.45) is 6.59. The first-order chi connectivity index (χ1) is 12.1. The number of carbonyl (C=O) groups is 1. The minimum absolute atomic E-state index is 0.0637. The number of aliphatic imine (C=N–C) groups is 1. The summed E-state index contributed by atoms with van der Waals surface area (Å²) >= 11 is 0. The van der Waals surface area contributed by atoms with Crippen molar-refractivity contribution in [2.45, 2.75) is 39.7 Å². The van der Waals surface area contributed by atoms with Crippen LogP contribution < -0.4 is 0 Å². The van der Waals surface area contributed by atoms with Crippen LogP contribution in [0.2, 0.25) is 0 Å². The molecule has 0 bridgehead atoms. The molecule has 7 nitrogen and oxygen atoms in total. The smallest absolute Gasteiger partial charge is 0.410 e. The van der Waals surface area contributed by atoms with Crippen molar-refractivity contribution in [2.75, 3.05) is 26.8 Å². The van der Waals surface area contributed by atoms with Crippen LogP contribution in [0.3, 0.4) is 0 Å². The zero-order chi connectivity index (χ0) is 18.2. The molecule has 25 heavy (non-hydrogen) atoms. The number of ether oxygens (including phenoxy) is 2. The third-order valence-electron chi connectivity index (χ3n) is 4.08. The zero-order valence-electron chi connectivity index (χ0n) is 15.5. The Morgan fingerprint density at radius 3 is 2.92 bits per heavy atom. The Balaban J connectivity index is 1.89. The fourth-order valence-electron chi connectivity index (χ4n) is 3.03. The molecule has 0 aliphatic carbocycles. The van der Waals surface area contributed by atoms with Gasteiger partial charge in [-0.25, -0.2) is 9.78 Å². The number of H-pyrrole nitrogens is 1. The van der Waals surface area contributed by atoms with Crippen LogP contribution in [0.25, 0.3) is 0 Å². The van der Waals surface area contributed by atoms with Crippen LogP contribution in [-0.2, 0) is 15.9 Å². The summed E-state index contributed by atoms with van der Waals surface area (Å²) in [5, 5.41) is 0. The van der Waals surface area contributed by atoms with Crippen LogP contribution in [0.15, 0.2) is 23.2 Å². The molecule has 1 aliphatic heterocycles. The van der Waals surface area contributed by atoms with E-state index < -0.39 is 0 Å². The number of carbonyl (C=O) groups excluding carboxylic acids is 1. The normalized spacial score (nSPS) is 17.9. The Labute approximate surface area is 149 Å². The van der Waals surface area contributed by atoms with Gasteiger partial charge in [0.25, 0.3) is 0 Å². The van der Waals surface area contributed by atoms with Crippen molar-refractivity contribution in [2.24, 2.45) is 10.9 Å². The van der Waals surface area contributed by atoms with Crippen molar-refractivity contribution < 1.29 is 14.3 Å². The minimum atomic E-state index is -0.318. The molecule has 0 aromatic carbocycles. The summed E-state index contributed by atoms with van der Waals surface area (Å²) in [6, 6.07) is -0.0637. The van der Waals surface area contributed by atoms with E-state index in [0.717, 1.165) is 24.2 Å². The van der Waals surface area contributed by atoms with E-state index in [2.05, 4.69) is 28.8 Å². The lowest BCUT2D eigenvalue weighted by Crippen LogP contribution is -2.43. The maximum atomic E-state index is 12.5. The molecule has 138 valence electrons. The van der Waals surface area contributed by atoms with E-state index in [1.165, 1.54) is 0 Å². The molecule has 1 aromatic heterocycles. The Morgan fingerprint density at radius 2 is 2.24 bits per heavy atom. The third-order valence-corrected chi connectivity index (χ3v) is 4.08. The van der Waals surface area contributed by atoms with Crippen LogP contribution in [-0.4, -0.2) is 54.0 Å². The average Bonchev–Trinajstić information content (AvgIpc) is 3.06. The van der Waals surface area contributed by atoms with Crippen molar-refractivity contribution in [3.63, 3.8) is 0 Å². The topological polar surface area (TPSA) is 79.8 Å². The lowest BCUT2D eigenvalue weighted by molar-refractivity contribution is 0.0542. The molecule has 0 spiro atoms. The highest BCUT2D eigenvalue weighted by Gasteiger charge is 2.35. The Bertz CT molecular complexity index is 622. The van der Waals surface area contributed by atoms with Gasteiger partial charge in [0, 0.05) is 25.7 Å². The van der Waals surface area contributed by atoms with Gasteiger partial charge in [0.15, 0.2) is 0 Å². The maximum absolute atomic E-state index is 12.5. The van der Waals surface area contributed by atoms with Crippen molar-refractivity contribution in [3.05, 3.63) is 29.6 Å². The monoisotopic (exact) mass is 348 g/mol. The Morgan fingerprint density at radius 1 is 1.48 bits per heavy atom. The van der Waals surface area contributed by atoms with Crippen molar-refractivity contribution >= 4 is 12.3 Å². The summed E-state index contributed by atoms with van der Waals surface area (Å²) in [7, 11) is 1.69. The number of rotatable bonds is 7. The number of nitrogens with zero attached hydrogens (tertiary/aromatic N) is 3. The summed E-state index contributed by atoms with van der Waals surface area (Å²) in [4.78, 5) is 25.8. The van der Waals surface area contributed by atoms with Crippen LogP contribution in [0.4, 0.5) is 4.79 Å². The summed E-state index contributed by atoms with van der Waals surface area (Å²) in [6.45, 7) is 7.33. The SMILES string of the molecule is CC/C=C(\C=NC)OCCOC(=O)N1CCc2[nH]cnc2C1C(C)C. The molecule has 1 amide bonds. The van der Waals surface area contributed by atoms with Crippen molar-refractivity contribution in [3.8, 4) is 0 Å². The number of aromatic amines is 1. The van der Waals surface area contributed by atoms with E-state index in [4.69, 9.17) is 9.47 Å². The second-order valence-corrected chi connectivity index (χ2v) is 6.26. The molecule has 0 saturated heterocycles. The molecule has 0 saturated carbocycles. The molecular formula is C18H28N4O3. The van der Waals surface area contributed by atoms with Crippen LogP contribution >= 0.6 is 0 Å². The fraction of sp³-hybridized carbons (Fsp3) is 0.611. The Kier molecular flexibility index (Phi) is 7.03.